The van der Waals surface area contributed by atoms with Gasteiger partial charge in [-0.05, 0) is 66.4 Å². The average Bonchev–Trinajstić information content (AvgIpc) is 3.70. The first kappa shape index (κ1) is 32.0. The normalized spacial score (nSPS) is 17.4. The van der Waals surface area contributed by atoms with Crippen LogP contribution < -0.4 is 24.8 Å². The van der Waals surface area contributed by atoms with Crippen molar-refractivity contribution < 1.29 is 9.53 Å². The van der Waals surface area contributed by atoms with Gasteiger partial charge >= 0.3 is 5.97 Å². The summed E-state index contributed by atoms with van der Waals surface area (Å²) in [4.78, 5) is 34.7. The largest absolute Gasteiger partial charge is 0.463 e. The number of hydrogen-bond donors (Lipinski definition) is 0. The van der Waals surface area contributed by atoms with E-state index >= 15 is 0 Å². The van der Waals surface area contributed by atoms with Crippen molar-refractivity contribution in [1.82, 2.24) is 4.57 Å². The molecule has 2 aliphatic heterocycles. The number of ether oxygens (including phenoxy) is 1. The molecule has 0 radical (unpaired) electrons. The Morgan fingerprint density at radius 3 is 2.24 bits per heavy atom. The Labute approximate surface area is 289 Å². The molecule has 3 heterocycles. The van der Waals surface area contributed by atoms with Gasteiger partial charge in [-0.15, -0.1) is 0 Å². The number of benzene rings is 4. The van der Waals surface area contributed by atoms with Crippen molar-refractivity contribution >= 4 is 40.5 Å². The van der Waals surface area contributed by atoms with E-state index in [-0.39, 0.29) is 18.2 Å². The van der Waals surface area contributed by atoms with Crippen molar-refractivity contribution in [2.75, 3.05) is 30.6 Å². The Bertz CT molecular complexity index is 2240. The van der Waals surface area contributed by atoms with Crippen molar-refractivity contribution in [3.8, 4) is 0 Å². The van der Waals surface area contributed by atoms with E-state index in [1.54, 1.807) is 18.4 Å². The van der Waals surface area contributed by atoms with Gasteiger partial charge in [-0.2, -0.15) is 5.10 Å². The first-order chi connectivity index (χ1) is 23.8. The zero-order valence-corrected chi connectivity index (χ0v) is 28.7. The second-order valence-corrected chi connectivity index (χ2v) is 13.3. The molecule has 9 heteroatoms. The van der Waals surface area contributed by atoms with Crippen LogP contribution in [0.5, 0.6) is 0 Å². The Hall–Kier alpha value is -5.54. The number of allylic oxidation sites excluding steroid dienone is 1. The van der Waals surface area contributed by atoms with Crippen LogP contribution in [-0.2, 0) is 9.53 Å². The maximum absolute atomic E-state index is 14.1. The predicted molar refractivity (Wildman–Crippen MR) is 197 cm³/mol. The number of carbonyl (C=O) groups is 1. The predicted octanol–water partition coefficient (Wildman–Crippen LogP) is 6.22. The highest BCUT2D eigenvalue weighted by Crippen LogP contribution is 2.37. The van der Waals surface area contributed by atoms with Crippen LogP contribution in [-0.4, -0.2) is 37.0 Å². The zero-order valence-electron chi connectivity index (χ0n) is 27.9. The third-order valence-corrected chi connectivity index (χ3v) is 9.88. The molecule has 0 saturated heterocycles. The third kappa shape index (κ3) is 6.25. The highest BCUT2D eigenvalue weighted by molar-refractivity contribution is 7.07. The summed E-state index contributed by atoms with van der Waals surface area (Å²) in [6.07, 6.45) is 2.68. The van der Waals surface area contributed by atoms with E-state index in [0.717, 1.165) is 40.2 Å². The second kappa shape index (κ2) is 13.5. The summed E-state index contributed by atoms with van der Waals surface area (Å²) in [5.41, 5.74) is 7.75. The molecular formula is C40H37N5O3S. The Morgan fingerprint density at radius 1 is 0.918 bits per heavy atom. The SMILES string of the molecule is CCOC(=O)C1=C(C)N=c2sc(=Cc3ccc(N4N=C(c5ccccc5)C[C@@H]4c4ccccc4)cc3)c(=O)n2[C@@H]1c1ccc(N(C)C)cc1. The van der Waals surface area contributed by atoms with Gasteiger partial charge in [0.2, 0.25) is 0 Å². The molecule has 5 aromatic rings. The fourth-order valence-corrected chi connectivity index (χ4v) is 7.47. The molecule has 0 amide bonds. The van der Waals surface area contributed by atoms with E-state index in [0.29, 0.717) is 20.6 Å². The lowest BCUT2D eigenvalue weighted by Crippen LogP contribution is -2.39. The number of hydrogen-bond acceptors (Lipinski definition) is 8. The Morgan fingerprint density at radius 2 is 1.59 bits per heavy atom. The summed E-state index contributed by atoms with van der Waals surface area (Å²) in [7, 11) is 3.95. The molecule has 0 saturated carbocycles. The Kier molecular flexibility index (Phi) is 8.84. The molecule has 8 nitrogen and oxygen atoms in total. The number of rotatable bonds is 8. The molecule has 0 aliphatic carbocycles. The molecule has 0 N–H and O–H groups in total. The van der Waals surface area contributed by atoms with E-state index < -0.39 is 12.0 Å². The minimum Gasteiger partial charge on any atom is -0.463 e. The minimum absolute atomic E-state index is 0.0644. The zero-order chi connectivity index (χ0) is 34.1. The van der Waals surface area contributed by atoms with Crippen LogP contribution in [0.4, 0.5) is 11.4 Å². The first-order valence-corrected chi connectivity index (χ1v) is 17.2. The van der Waals surface area contributed by atoms with Gasteiger partial charge in [-0.3, -0.25) is 14.4 Å². The summed E-state index contributed by atoms with van der Waals surface area (Å²) in [5.74, 6) is -0.468. The molecule has 2 atom stereocenters. The van der Waals surface area contributed by atoms with Crippen LogP contribution in [0.1, 0.15) is 54.6 Å². The number of thiazole rings is 1. The number of anilines is 2. The van der Waals surface area contributed by atoms with E-state index in [9.17, 15) is 9.59 Å². The first-order valence-electron chi connectivity index (χ1n) is 16.4. The standard InChI is InChI=1S/C40H37N5O3S/c1-5-48-39(47)36-26(2)41-40-44(37(36)30-18-22-31(23-19-30)43(3)4)38(46)35(49-40)24-27-16-20-32(21-17-27)45-34(29-14-10-7-11-15-29)25-33(42-45)28-12-8-6-9-13-28/h6-24,34,37H,5,25H2,1-4H3/t34-,37-/m1/s1. The van der Waals surface area contributed by atoms with E-state index in [1.807, 2.05) is 97.9 Å². The van der Waals surface area contributed by atoms with Crippen molar-refractivity contribution in [1.29, 1.82) is 0 Å². The number of hydrazone groups is 1. The van der Waals surface area contributed by atoms with Crippen LogP contribution in [0.2, 0.25) is 0 Å². The molecule has 0 fully saturated rings. The van der Waals surface area contributed by atoms with Crippen molar-refractivity contribution in [2.24, 2.45) is 10.1 Å². The van der Waals surface area contributed by atoms with Crippen molar-refractivity contribution in [3.63, 3.8) is 0 Å². The monoisotopic (exact) mass is 667 g/mol. The lowest BCUT2D eigenvalue weighted by atomic mass is 9.95. The van der Waals surface area contributed by atoms with Crippen LogP contribution >= 0.6 is 11.3 Å². The molecule has 49 heavy (non-hydrogen) atoms. The lowest BCUT2D eigenvalue weighted by Gasteiger charge is -2.25. The second-order valence-electron chi connectivity index (χ2n) is 12.3. The molecule has 1 aromatic heterocycles. The average molecular weight is 668 g/mol. The van der Waals surface area contributed by atoms with E-state index in [2.05, 4.69) is 41.4 Å². The fourth-order valence-electron chi connectivity index (χ4n) is 6.42. The van der Waals surface area contributed by atoms with E-state index in [1.165, 1.54) is 16.9 Å². The molecule has 2 aliphatic rings. The van der Waals surface area contributed by atoms with Crippen LogP contribution in [0.25, 0.3) is 6.08 Å². The number of nitrogens with zero attached hydrogens (tertiary/aromatic N) is 5. The quantitative estimate of drug-likeness (QED) is 0.184. The summed E-state index contributed by atoms with van der Waals surface area (Å²) >= 11 is 1.32. The van der Waals surface area contributed by atoms with Gasteiger partial charge in [-0.1, -0.05) is 96.3 Å². The topological polar surface area (TPSA) is 79.5 Å². The lowest BCUT2D eigenvalue weighted by molar-refractivity contribution is -0.139. The smallest absolute Gasteiger partial charge is 0.338 e. The number of carbonyl (C=O) groups excluding carboxylic acids is 1. The van der Waals surface area contributed by atoms with Crippen molar-refractivity contribution in [3.05, 3.63) is 162 Å². The van der Waals surface area contributed by atoms with Gasteiger partial charge < -0.3 is 9.64 Å². The molecule has 0 spiro atoms. The van der Waals surface area contributed by atoms with Crippen molar-refractivity contribution in [2.45, 2.75) is 32.4 Å². The summed E-state index contributed by atoms with van der Waals surface area (Å²) < 4.78 is 7.61. The van der Waals surface area contributed by atoms with Gasteiger partial charge in [-0.25, -0.2) is 9.79 Å². The fraction of sp³-hybridized carbons (Fsp3) is 0.200. The molecule has 0 bridgehead atoms. The van der Waals surface area contributed by atoms with Gasteiger partial charge in [0.15, 0.2) is 4.80 Å². The number of aromatic nitrogens is 1. The van der Waals surface area contributed by atoms with Gasteiger partial charge in [0, 0.05) is 26.2 Å². The van der Waals surface area contributed by atoms with Gasteiger partial charge in [0.1, 0.15) is 0 Å². The molecule has 246 valence electrons. The van der Waals surface area contributed by atoms with Gasteiger partial charge in [0.05, 0.1) is 45.9 Å². The molecule has 4 aromatic carbocycles. The summed E-state index contributed by atoms with van der Waals surface area (Å²) in [6, 6.07) is 36.2. The Balaban J connectivity index is 1.26. The van der Waals surface area contributed by atoms with Crippen LogP contribution in [0.15, 0.2) is 135 Å². The third-order valence-electron chi connectivity index (χ3n) is 8.90. The molecule has 0 unspecified atom stereocenters. The molecular weight excluding hydrogens is 631 g/mol. The highest BCUT2D eigenvalue weighted by atomic mass is 32.1. The van der Waals surface area contributed by atoms with Crippen LogP contribution in [0.3, 0.4) is 0 Å². The number of fused-ring (bicyclic) bond motifs is 1. The van der Waals surface area contributed by atoms with E-state index in [4.69, 9.17) is 14.8 Å². The minimum atomic E-state index is -0.655. The van der Waals surface area contributed by atoms with Crippen LogP contribution in [0, 0.1) is 0 Å². The highest BCUT2D eigenvalue weighted by Gasteiger charge is 2.33. The number of esters is 1. The maximum atomic E-state index is 14.1. The summed E-state index contributed by atoms with van der Waals surface area (Å²) in [5, 5.41) is 7.18. The van der Waals surface area contributed by atoms with Gasteiger partial charge in [0.25, 0.3) is 5.56 Å². The summed E-state index contributed by atoms with van der Waals surface area (Å²) in [6.45, 7) is 3.80. The molecule has 7 rings (SSSR count). The maximum Gasteiger partial charge on any atom is 0.338 e.